The summed E-state index contributed by atoms with van der Waals surface area (Å²) in [6, 6.07) is 12.5. The predicted octanol–water partition coefficient (Wildman–Crippen LogP) is 3.99. The van der Waals surface area contributed by atoms with Crippen molar-refractivity contribution >= 4 is 11.8 Å². The van der Waals surface area contributed by atoms with Crippen LogP contribution in [-0.4, -0.2) is 53.5 Å². The number of methoxy groups -OCH3 is 1. The van der Waals surface area contributed by atoms with Crippen LogP contribution >= 0.6 is 0 Å². The molecule has 4 rings (SSSR count). The number of carbonyl (C=O) groups excluding carboxylic acids is 2. The second-order valence-corrected chi connectivity index (χ2v) is 7.80. The van der Waals surface area contributed by atoms with E-state index in [2.05, 4.69) is 5.16 Å². The molecule has 0 aliphatic carbocycles. The fourth-order valence-electron chi connectivity index (χ4n) is 3.80. The molecule has 1 fully saturated rings. The molecule has 32 heavy (non-hydrogen) atoms. The first kappa shape index (κ1) is 21.7. The Balaban J connectivity index is 1.46. The summed E-state index contributed by atoms with van der Waals surface area (Å²) in [5, 5.41) is 3.98. The lowest BCUT2D eigenvalue weighted by Gasteiger charge is -2.28. The number of carbonyl (C=O) groups is 2. The van der Waals surface area contributed by atoms with Crippen LogP contribution in [0.15, 0.2) is 57.7 Å². The lowest BCUT2D eigenvalue weighted by molar-refractivity contribution is -0.132. The number of aromatic nitrogens is 1. The quantitative estimate of drug-likeness (QED) is 0.529. The SMILES string of the molecule is COc1ccc(-c2cc(C(=O)N(CCC(=O)N3CCCCC3)Cc3ccco3)no2)cc1. The molecule has 3 aromatic rings. The van der Waals surface area contributed by atoms with E-state index in [4.69, 9.17) is 13.7 Å². The molecular formula is C24H27N3O5. The minimum atomic E-state index is -0.309. The van der Waals surface area contributed by atoms with E-state index in [1.807, 2.05) is 29.2 Å². The molecule has 0 N–H and O–H groups in total. The molecule has 3 heterocycles. The Hall–Kier alpha value is -3.55. The minimum absolute atomic E-state index is 0.0704. The molecular weight excluding hydrogens is 410 g/mol. The summed E-state index contributed by atoms with van der Waals surface area (Å²) >= 11 is 0. The topological polar surface area (TPSA) is 89.0 Å². The van der Waals surface area contributed by atoms with Crippen molar-refractivity contribution in [3.63, 3.8) is 0 Å². The average molecular weight is 437 g/mol. The van der Waals surface area contributed by atoms with Crippen molar-refractivity contribution in [1.82, 2.24) is 15.0 Å². The first-order valence-electron chi connectivity index (χ1n) is 10.8. The number of hydrogen-bond acceptors (Lipinski definition) is 6. The second kappa shape index (κ2) is 10.2. The van der Waals surface area contributed by atoms with Gasteiger partial charge in [-0.25, -0.2) is 0 Å². The summed E-state index contributed by atoms with van der Waals surface area (Å²) in [7, 11) is 1.60. The first-order chi connectivity index (χ1) is 15.6. The van der Waals surface area contributed by atoms with Crippen molar-refractivity contribution in [3.05, 3.63) is 60.2 Å². The molecule has 0 bridgehead atoms. The molecule has 8 nitrogen and oxygen atoms in total. The zero-order valence-corrected chi connectivity index (χ0v) is 18.2. The molecule has 0 spiro atoms. The second-order valence-electron chi connectivity index (χ2n) is 7.80. The van der Waals surface area contributed by atoms with Crippen molar-refractivity contribution in [1.29, 1.82) is 0 Å². The van der Waals surface area contributed by atoms with Crippen molar-refractivity contribution < 1.29 is 23.3 Å². The summed E-state index contributed by atoms with van der Waals surface area (Å²) in [4.78, 5) is 29.3. The van der Waals surface area contributed by atoms with Crippen LogP contribution in [-0.2, 0) is 11.3 Å². The number of amides is 2. The number of hydrogen-bond donors (Lipinski definition) is 0. The fourth-order valence-corrected chi connectivity index (χ4v) is 3.80. The van der Waals surface area contributed by atoms with Crippen molar-refractivity contribution in [2.45, 2.75) is 32.2 Å². The van der Waals surface area contributed by atoms with Crippen LogP contribution in [0, 0.1) is 0 Å². The van der Waals surface area contributed by atoms with Gasteiger partial charge in [0.1, 0.15) is 11.5 Å². The van der Waals surface area contributed by atoms with E-state index >= 15 is 0 Å². The number of benzene rings is 1. The third-order valence-electron chi connectivity index (χ3n) is 5.62. The van der Waals surface area contributed by atoms with Gasteiger partial charge in [-0.1, -0.05) is 5.16 Å². The number of piperidine rings is 1. The van der Waals surface area contributed by atoms with Gasteiger partial charge >= 0.3 is 0 Å². The Morgan fingerprint density at radius 3 is 2.59 bits per heavy atom. The molecule has 1 saturated heterocycles. The van der Waals surface area contributed by atoms with Crippen molar-refractivity contribution in [2.75, 3.05) is 26.7 Å². The molecule has 2 amide bonds. The van der Waals surface area contributed by atoms with Crippen LogP contribution in [0.4, 0.5) is 0 Å². The van der Waals surface area contributed by atoms with Crippen LogP contribution in [0.1, 0.15) is 41.9 Å². The van der Waals surface area contributed by atoms with Gasteiger partial charge in [0, 0.05) is 37.7 Å². The molecule has 1 aliphatic rings. The zero-order valence-electron chi connectivity index (χ0n) is 18.2. The Bertz CT molecular complexity index is 1020. The van der Waals surface area contributed by atoms with Gasteiger partial charge in [0.15, 0.2) is 11.5 Å². The highest BCUT2D eigenvalue weighted by atomic mass is 16.5. The van der Waals surface area contributed by atoms with Crippen LogP contribution in [0.2, 0.25) is 0 Å². The molecule has 168 valence electrons. The maximum atomic E-state index is 13.2. The van der Waals surface area contributed by atoms with Crippen molar-refractivity contribution in [2.24, 2.45) is 0 Å². The summed E-state index contributed by atoms with van der Waals surface area (Å²) < 4.78 is 16.0. The average Bonchev–Trinajstić information content (AvgIpc) is 3.54. The van der Waals surface area contributed by atoms with Gasteiger partial charge in [-0.05, 0) is 55.7 Å². The number of ether oxygens (including phenoxy) is 1. The molecule has 1 aliphatic heterocycles. The van der Waals surface area contributed by atoms with Gasteiger partial charge in [0.25, 0.3) is 5.91 Å². The van der Waals surface area contributed by atoms with Crippen LogP contribution in [0.5, 0.6) is 5.75 Å². The van der Waals surface area contributed by atoms with E-state index < -0.39 is 0 Å². The molecule has 1 aromatic carbocycles. The van der Waals surface area contributed by atoms with Gasteiger partial charge in [-0.3, -0.25) is 9.59 Å². The molecule has 8 heteroatoms. The number of furan rings is 1. The minimum Gasteiger partial charge on any atom is -0.497 e. The predicted molar refractivity (Wildman–Crippen MR) is 117 cm³/mol. The molecule has 2 aromatic heterocycles. The van der Waals surface area contributed by atoms with E-state index in [0.29, 0.717) is 11.5 Å². The van der Waals surface area contributed by atoms with Crippen LogP contribution in [0.3, 0.4) is 0 Å². The van der Waals surface area contributed by atoms with E-state index in [1.165, 1.54) is 0 Å². The normalized spacial score (nSPS) is 13.7. The molecule has 0 atom stereocenters. The molecule has 0 saturated carbocycles. The van der Waals surface area contributed by atoms with Gasteiger partial charge in [0.05, 0.1) is 19.9 Å². The van der Waals surface area contributed by atoms with E-state index in [9.17, 15) is 9.59 Å². The first-order valence-corrected chi connectivity index (χ1v) is 10.8. The Morgan fingerprint density at radius 2 is 1.91 bits per heavy atom. The third-order valence-corrected chi connectivity index (χ3v) is 5.62. The lowest BCUT2D eigenvalue weighted by atomic mass is 10.1. The number of likely N-dealkylation sites (tertiary alicyclic amines) is 1. The monoisotopic (exact) mass is 437 g/mol. The zero-order chi connectivity index (χ0) is 22.3. The highest BCUT2D eigenvalue weighted by Gasteiger charge is 2.24. The Morgan fingerprint density at radius 1 is 1.12 bits per heavy atom. The summed E-state index contributed by atoms with van der Waals surface area (Å²) in [5.41, 5.74) is 0.975. The highest BCUT2D eigenvalue weighted by molar-refractivity contribution is 5.93. The maximum absolute atomic E-state index is 13.2. The number of nitrogens with zero attached hydrogens (tertiary/aromatic N) is 3. The van der Waals surface area contributed by atoms with Gasteiger partial charge in [0.2, 0.25) is 5.91 Å². The Labute approximate surface area is 186 Å². The number of rotatable bonds is 8. The van der Waals surface area contributed by atoms with Crippen LogP contribution < -0.4 is 4.74 Å². The standard InChI is InChI=1S/C24H27N3O5/c1-30-19-9-7-18(8-10-19)22-16-21(25-32-22)24(29)27(17-20-6-5-15-31-20)14-11-23(28)26-12-3-2-4-13-26/h5-10,15-16H,2-4,11-14,17H2,1H3. The summed E-state index contributed by atoms with van der Waals surface area (Å²) in [5.74, 6) is 1.62. The van der Waals surface area contributed by atoms with E-state index in [1.54, 1.807) is 36.5 Å². The summed E-state index contributed by atoms with van der Waals surface area (Å²) in [6.07, 6.45) is 5.06. The Kier molecular flexibility index (Phi) is 6.89. The fraction of sp³-hybridized carbons (Fsp3) is 0.375. The molecule has 0 radical (unpaired) electrons. The lowest BCUT2D eigenvalue weighted by Crippen LogP contribution is -2.39. The van der Waals surface area contributed by atoms with Crippen LogP contribution in [0.25, 0.3) is 11.3 Å². The highest BCUT2D eigenvalue weighted by Crippen LogP contribution is 2.24. The van der Waals surface area contributed by atoms with E-state index in [-0.39, 0.29) is 37.0 Å². The maximum Gasteiger partial charge on any atom is 0.276 e. The molecule has 0 unspecified atom stereocenters. The van der Waals surface area contributed by atoms with Gasteiger partial charge in [-0.15, -0.1) is 0 Å². The van der Waals surface area contributed by atoms with Gasteiger partial charge < -0.3 is 23.5 Å². The third kappa shape index (κ3) is 5.19. The summed E-state index contributed by atoms with van der Waals surface area (Å²) in [6.45, 7) is 2.11. The van der Waals surface area contributed by atoms with Crippen molar-refractivity contribution in [3.8, 4) is 17.1 Å². The largest absolute Gasteiger partial charge is 0.497 e. The van der Waals surface area contributed by atoms with E-state index in [0.717, 1.165) is 43.7 Å². The van der Waals surface area contributed by atoms with Gasteiger partial charge in [-0.2, -0.15) is 0 Å². The smallest absolute Gasteiger partial charge is 0.276 e.